The number of nitro benzene ring substituents is 1. The fraction of sp³-hybridized carbons (Fsp3) is 0.154. The van der Waals surface area contributed by atoms with Crippen molar-refractivity contribution >= 4 is 34.0 Å². The lowest BCUT2D eigenvalue weighted by atomic mass is 9.55. The van der Waals surface area contributed by atoms with E-state index in [1.165, 1.54) is 17.0 Å². The van der Waals surface area contributed by atoms with Gasteiger partial charge in [0.05, 0.1) is 16.8 Å². The van der Waals surface area contributed by atoms with Crippen molar-refractivity contribution in [1.29, 1.82) is 0 Å². The van der Waals surface area contributed by atoms with Gasteiger partial charge in [-0.1, -0.05) is 72.0 Å². The molecule has 1 saturated heterocycles. The standard InChI is InChI=1S/C26H16N4O4S/c31-24-21-19-15-8-1-2-9-16(15)20(18-11-4-3-10-17(18)19)22(21)25(32)29(24)26-28-27-23(35-26)13-6-5-7-14(12-13)30(33)34/h1-12,19-22H/t19?,20?,21-,22-/m1/s1. The first kappa shape index (κ1) is 20.2. The highest BCUT2D eigenvalue weighted by Gasteiger charge is 2.62. The average molecular weight is 481 g/mol. The lowest BCUT2D eigenvalue weighted by Gasteiger charge is -2.45. The molecule has 0 N–H and O–H groups in total. The van der Waals surface area contributed by atoms with Gasteiger partial charge in [-0.15, -0.1) is 10.2 Å². The number of hydrogen-bond acceptors (Lipinski definition) is 7. The zero-order valence-electron chi connectivity index (χ0n) is 18.1. The SMILES string of the molecule is O=C1[C@@H]2C3c4ccccc4C(c4ccccc43)[C@H]2C(=O)N1c1nnc(-c2cccc([N+](=O)[O-])c2)s1. The molecule has 0 saturated carbocycles. The van der Waals surface area contributed by atoms with Crippen LogP contribution in [0.15, 0.2) is 72.8 Å². The number of anilines is 1. The number of carbonyl (C=O) groups excluding carboxylic acids is 2. The third-order valence-electron chi connectivity index (χ3n) is 7.36. The monoisotopic (exact) mass is 480 g/mol. The first-order chi connectivity index (χ1) is 17.0. The molecule has 9 heteroatoms. The molecule has 1 fully saturated rings. The van der Waals surface area contributed by atoms with Gasteiger partial charge in [-0.05, 0) is 22.3 Å². The van der Waals surface area contributed by atoms with E-state index in [0.29, 0.717) is 10.6 Å². The Balaban J connectivity index is 1.32. The molecule has 4 aliphatic rings. The second-order valence-electron chi connectivity index (χ2n) is 8.97. The molecule has 2 bridgehead atoms. The van der Waals surface area contributed by atoms with E-state index in [2.05, 4.69) is 34.5 Å². The number of carbonyl (C=O) groups is 2. The van der Waals surface area contributed by atoms with Gasteiger partial charge in [0.2, 0.25) is 16.9 Å². The van der Waals surface area contributed by atoms with Crippen molar-refractivity contribution in [3.63, 3.8) is 0 Å². The van der Waals surface area contributed by atoms with Crippen LogP contribution in [-0.2, 0) is 9.59 Å². The third kappa shape index (κ3) is 2.67. The molecule has 8 rings (SSSR count). The van der Waals surface area contributed by atoms with Gasteiger partial charge >= 0.3 is 0 Å². The zero-order chi connectivity index (χ0) is 23.8. The van der Waals surface area contributed by atoms with Gasteiger partial charge in [-0.25, -0.2) is 4.90 Å². The van der Waals surface area contributed by atoms with Gasteiger partial charge in [0, 0.05) is 29.5 Å². The molecule has 0 spiro atoms. The second kappa shape index (κ2) is 7.13. The van der Waals surface area contributed by atoms with Crippen LogP contribution in [0.4, 0.5) is 10.8 Å². The van der Waals surface area contributed by atoms with E-state index in [4.69, 9.17) is 0 Å². The molecule has 3 aromatic carbocycles. The topological polar surface area (TPSA) is 106 Å². The molecule has 35 heavy (non-hydrogen) atoms. The molecule has 0 radical (unpaired) electrons. The Bertz CT molecular complexity index is 1470. The lowest BCUT2D eigenvalue weighted by Crippen LogP contribution is -2.41. The molecule has 170 valence electrons. The Kier molecular flexibility index (Phi) is 4.11. The van der Waals surface area contributed by atoms with Crippen molar-refractivity contribution < 1.29 is 14.5 Å². The Labute approximate surface area is 203 Å². The normalized spacial score (nSPS) is 23.7. The van der Waals surface area contributed by atoms with E-state index in [1.54, 1.807) is 12.1 Å². The minimum atomic E-state index is -0.498. The predicted octanol–water partition coefficient (Wildman–Crippen LogP) is 4.51. The van der Waals surface area contributed by atoms with E-state index in [0.717, 1.165) is 33.6 Å². The van der Waals surface area contributed by atoms with Crippen molar-refractivity contribution in [3.05, 3.63) is 105 Å². The molecule has 8 nitrogen and oxygen atoms in total. The van der Waals surface area contributed by atoms with Crippen molar-refractivity contribution in [2.24, 2.45) is 11.8 Å². The summed E-state index contributed by atoms with van der Waals surface area (Å²) in [6.45, 7) is 0. The molecule has 2 heterocycles. The molecule has 0 unspecified atom stereocenters. The third-order valence-corrected chi connectivity index (χ3v) is 8.32. The van der Waals surface area contributed by atoms with Gasteiger partial charge < -0.3 is 0 Å². The van der Waals surface area contributed by atoms with Crippen molar-refractivity contribution in [2.45, 2.75) is 11.8 Å². The molecule has 1 aromatic heterocycles. The molecule has 3 aliphatic carbocycles. The van der Waals surface area contributed by atoms with Crippen LogP contribution in [0, 0.1) is 22.0 Å². The maximum absolute atomic E-state index is 13.8. The van der Waals surface area contributed by atoms with E-state index < -0.39 is 16.8 Å². The van der Waals surface area contributed by atoms with Gasteiger partial charge in [-0.2, -0.15) is 0 Å². The summed E-state index contributed by atoms with van der Waals surface area (Å²) in [5.74, 6) is -1.91. The number of rotatable bonds is 3. The molecule has 2 amide bonds. The van der Waals surface area contributed by atoms with E-state index in [-0.39, 0.29) is 34.5 Å². The number of benzene rings is 3. The second-order valence-corrected chi connectivity index (χ2v) is 9.93. The number of hydrogen-bond donors (Lipinski definition) is 0. The summed E-state index contributed by atoms with van der Waals surface area (Å²) in [6, 6.07) is 22.2. The lowest BCUT2D eigenvalue weighted by molar-refractivity contribution is -0.384. The number of aromatic nitrogens is 2. The van der Waals surface area contributed by atoms with Gasteiger partial charge in [0.25, 0.3) is 5.69 Å². The number of amides is 2. The summed E-state index contributed by atoms with van der Waals surface area (Å²) in [5, 5.41) is 20.1. The van der Waals surface area contributed by atoms with Crippen LogP contribution < -0.4 is 4.90 Å². The quantitative estimate of drug-likeness (QED) is 0.243. The van der Waals surface area contributed by atoms with Crippen LogP contribution in [0.3, 0.4) is 0 Å². The highest BCUT2D eigenvalue weighted by Crippen LogP contribution is 2.61. The van der Waals surface area contributed by atoms with E-state index in [9.17, 15) is 19.7 Å². The molecule has 2 atom stereocenters. The largest absolute Gasteiger partial charge is 0.274 e. The highest BCUT2D eigenvalue weighted by molar-refractivity contribution is 7.18. The summed E-state index contributed by atoms with van der Waals surface area (Å²) in [7, 11) is 0. The Morgan fingerprint density at radius 3 is 1.83 bits per heavy atom. The predicted molar refractivity (Wildman–Crippen MR) is 128 cm³/mol. The van der Waals surface area contributed by atoms with Crippen LogP contribution >= 0.6 is 11.3 Å². The summed E-state index contributed by atoms with van der Waals surface area (Å²) in [5.41, 5.74) is 4.88. The minimum Gasteiger partial charge on any atom is -0.274 e. The smallest absolute Gasteiger partial charge is 0.270 e. The molecule has 1 aliphatic heterocycles. The summed E-state index contributed by atoms with van der Waals surface area (Å²) in [6.07, 6.45) is 0. The van der Waals surface area contributed by atoms with Crippen LogP contribution in [-0.4, -0.2) is 26.9 Å². The fourth-order valence-corrected chi connectivity index (χ4v) is 6.89. The van der Waals surface area contributed by atoms with Crippen molar-refractivity contribution in [1.82, 2.24) is 10.2 Å². The van der Waals surface area contributed by atoms with Crippen molar-refractivity contribution in [3.8, 4) is 10.6 Å². The number of nitro groups is 1. The van der Waals surface area contributed by atoms with Crippen LogP contribution in [0.2, 0.25) is 0 Å². The minimum absolute atomic E-state index is 0.0642. The number of non-ortho nitro benzene ring substituents is 1. The number of nitrogens with zero attached hydrogens (tertiary/aromatic N) is 4. The summed E-state index contributed by atoms with van der Waals surface area (Å²) < 4.78 is 0. The van der Waals surface area contributed by atoms with Crippen LogP contribution in [0.5, 0.6) is 0 Å². The van der Waals surface area contributed by atoms with E-state index in [1.807, 2.05) is 24.3 Å². The Morgan fingerprint density at radius 2 is 1.31 bits per heavy atom. The van der Waals surface area contributed by atoms with Gasteiger partial charge in [0.15, 0.2) is 0 Å². The fourth-order valence-electron chi connectivity index (χ4n) is 6.04. The maximum atomic E-state index is 13.8. The van der Waals surface area contributed by atoms with Gasteiger partial charge in [-0.3, -0.25) is 19.7 Å². The average Bonchev–Trinajstić information content (AvgIpc) is 3.47. The molecule has 4 aromatic rings. The van der Waals surface area contributed by atoms with Crippen molar-refractivity contribution in [2.75, 3.05) is 4.90 Å². The van der Waals surface area contributed by atoms with E-state index >= 15 is 0 Å². The zero-order valence-corrected chi connectivity index (χ0v) is 18.9. The maximum Gasteiger partial charge on any atom is 0.270 e. The first-order valence-corrected chi connectivity index (χ1v) is 12.0. The molecular formula is C26H16N4O4S. The van der Waals surface area contributed by atoms with Gasteiger partial charge in [0.1, 0.15) is 5.01 Å². The Morgan fingerprint density at radius 1 is 0.771 bits per heavy atom. The number of imide groups is 1. The Hall–Kier alpha value is -4.24. The first-order valence-electron chi connectivity index (χ1n) is 11.2. The van der Waals surface area contributed by atoms with Crippen LogP contribution in [0.1, 0.15) is 34.1 Å². The highest BCUT2D eigenvalue weighted by atomic mass is 32.1. The summed E-state index contributed by atoms with van der Waals surface area (Å²) in [4.78, 5) is 39.5. The van der Waals surface area contributed by atoms with Crippen LogP contribution in [0.25, 0.3) is 10.6 Å². The summed E-state index contributed by atoms with van der Waals surface area (Å²) >= 11 is 1.09. The molecular weight excluding hydrogens is 464 g/mol.